The molecule has 2 aromatic rings. The van der Waals surface area contributed by atoms with Crippen LogP contribution >= 0.6 is 0 Å². The van der Waals surface area contributed by atoms with Gasteiger partial charge < -0.3 is 5.32 Å². The summed E-state index contributed by atoms with van der Waals surface area (Å²) in [4.78, 5) is 0. The highest BCUT2D eigenvalue weighted by molar-refractivity contribution is 5.29. The number of nitrogens with one attached hydrogen (secondary N) is 1. The molecule has 3 rings (SSSR count). The molecule has 1 aliphatic heterocycles. The highest BCUT2D eigenvalue weighted by atomic mass is 14.9. The Morgan fingerprint density at radius 1 is 0.696 bits per heavy atom. The lowest BCUT2D eigenvalue weighted by atomic mass is 9.79. The van der Waals surface area contributed by atoms with Gasteiger partial charge >= 0.3 is 0 Å². The van der Waals surface area contributed by atoms with Gasteiger partial charge in [-0.15, -0.1) is 0 Å². The van der Waals surface area contributed by atoms with Gasteiger partial charge in [0.2, 0.25) is 0 Å². The summed E-state index contributed by atoms with van der Waals surface area (Å²) in [6, 6.07) is 22.0. The van der Waals surface area contributed by atoms with Crippen LogP contribution in [0.4, 0.5) is 0 Å². The van der Waals surface area contributed by atoms with E-state index in [2.05, 4.69) is 66.0 Å². The van der Waals surface area contributed by atoms with Gasteiger partial charge in [-0.1, -0.05) is 88.4 Å². The second kappa shape index (κ2) is 11.9. The van der Waals surface area contributed by atoms with E-state index in [4.69, 9.17) is 0 Å². The van der Waals surface area contributed by atoms with Crippen LogP contribution in [0, 0.1) is 0 Å². The molecular weight excluding hydrogens is 278 g/mol. The molecule has 1 heteroatoms. The molecule has 0 unspecified atom stereocenters. The maximum absolute atomic E-state index is 3.60. The fraction of sp³-hybridized carbons (Fsp3) is 0.455. The van der Waals surface area contributed by atoms with Crippen molar-refractivity contribution in [1.82, 2.24) is 5.32 Å². The largest absolute Gasteiger partial charge is 0.316 e. The first-order valence-electron chi connectivity index (χ1n) is 9.26. The molecule has 0 aliphatic carbocycles. The van der Waals surface area contributed by atoms with Crippen LogP contribution in [0.15, 0.2) is 60.7 Å². The van der Waals surface area contributed by atoms with E-state index in [9.17, 15) is 0 Å². The highest BCUT2D eigenvalue weighted by Gasteiger charge is 2.25. The van der Waals surface area contributed by atoms with Gasteiger partial charge in [-0.05, 0) is 36.4 Å². The van der Waals surface area contributed by atoms with Crippen molar-refractivity contribution in [2.75, 3.05) is 13.1 Å². The van der Waals surface area contributed by atoms with Gasteiger partial charge in [0.25, 0.3) is 0 Å². The minimum absolute atomic E-state index is 0.589. The van der Waals surface area contributed by atoms with Gasteiger partial charge in [-0.3, -0.25) is 0 Å². The first-order chi connectivity index (χ1) is 11.4. The first kappa shape index (κ1) is 19.4. The number of hydrogen-bond donors (Lipinski definition) is 1. The Morgan fingerprint density at radius 3 is 1.70 bits per heavy atom. The normalized spacial score (nSPS) is 20.2. The molecule has 1 aliphatic rings. The Hall–Kier alpha value is -1.60. The van der Waals surface area contributed by atoms with E-state index >= 15 is 0 Å². The van der Waals surface area contributed by atoms with Crippen molar-refractivity contribution in [3.8, 4) is 0 Å². The molecule has 1 fully saturated rings. The van der Waals surface area contributed by atoms with E-state index in [0.29, 0.717) is 11.8 Å². The molecule has 1 saturated heterocycles. The molecule has 1 N–H and O–H groups in total. The maximum atomic E-state index is 3.60. The van der Waals surface area contributed by atoms with Crippen molar-refractivity contribution in [3.05, 3.63) is 71.8 Å². The topological polar surface area (TPSA) is 12.0 Å². The van der Waals surface area contributed by atoms with Crippen LogP contribution in [0.3, 0.4) is 0 Å². The summed E-state index contributed by atoms with van der Waals surface area (Å²) < 4.78 is 0. The quantitative estimate of drug-likeness (QED) is 0.718. The lowest BCUT2D eigenvalue weighted by Crippen LogP contribution is -2.22. The molecule has 2 aromatic carbocycles. The molecule has 1 nitrogen and oxygen atoms in total. The molecule has 0 bridgehead atoms. The predicted molar refractivity (Wildman–Crippen MR) is 103 cm³/mol. The maximum Gasteiger partial charge on any atom is 0.00322 e. The summed E-state index contributed by atoms with van der Waals surface area (Å²) in [5, 5.41) is 3.60. The Morgan fingerprint density at radius 2 is 1.17 bits per heavy atom. The molecule has 2 atom stereocenters. The fourth-order valence-electron chi connectivity index (χ4n) is 3.20. The minimum Gasteiger partial charge on any atom is -0.316 e. The molecule has 0 saturated carbocycles. The SMILES string of the molecule is CC.CC.c1ccc([C@@H]2CCCNC[C@H]2c2ccccc2)cc1. The second-order valence-electron chi connectivity index (χ2n) is 5.38. The van der Waals surface area contributed by atoms with E-state index in [0.717, 1.165) is 13.1 Å². The summed E-state index contributed by atoms with van der Waals surface area (Å²) in [6.45, 7) is 10.2. The third kappa shape index (κ3) is 5.84. The zero-order valence-electron chi connectivity index (χ0n) is 15.3. The van der Waals surface area contributed by atoms with E-state index in [1.807, 2.05) is 27.7 Å². The van der Waals surface area contributed by atoms with Crippen LogP contribution < -0.4 is 5.32 Å². The number of hydrogen-bond acceptors (Lipinski definition) is 1. The summed E-state index contributed by atoms with van der Waals surface area (Å²) in [7, 11) is 0. The summed E-state index contributed by atoms with van der Waals surface area (Å²) in [5.74, 6) is 1.23. The molecule has 0 radical (unpaired) electrons. The molecule has 1 heterocycles. The van der Waals surface area contributed by atoms with Crippen LogP contribution in [0.25, 0.3) is 0 Å². The second-order valence-corrected chi connectivity index (χ2v) is 5.38. The zero-order valence-corrected chi connectivity index (χ0v) is 15.3. The van der Waals surface area contributed by atoms with Gasteiger partial charge in [0, 0.05) is 12.5 Å². The van der Waals surface area contributed by atoms with Gasteiger partial charge in [-0.25, -0.2) is 0 Å². The number of rotatable bonds is 2. The molecule has 126 valence electrons. The van der Waals surface area contributed by atoms with E-state index in [-0.39, 0.29) is 0 Å². The van der Waals surface area contributed by atoms with Crippen LogP contribution in [0.5, 0.6) is 0 Å². The smallest absolute Gasteiger partial charge is 0.00322 e. The predicted octanol–water partition coefficient (Wildman–Crippen LogP) is 5.99. The van der Waals surface area contributed by atoms with Gasteiger partial charge in [-0.2, -0.15) is 0 Å². The lowest BCUT2D eigenvalue weighted by molar-refractivity contribution is 0.527. The molecule has 0 amide bonds. The number of benzene rings is 2. The van der Waals surface area contributed by atoms with Crippen molar-refractivity contribution in [2.45, 2.75) is 52.4 Å². The molecular formula is C22H33N. The van der Waals surface area contributed by atoms with E-state index < -0.39 is 0 Å². The van der Waals surface area contributed by atoms with Gasteiger partial charge in [0.1, 0.15) is 0 Å². The van der Waals surface area contributed by atoms with Crippen LogP contribution in [-0.4, -0.2) is 13.1 Å². The summed E-state index contributed by atoms with van der Waals surface area (Å²) in [6.07, 6.45) is 2.54. The average molecular weight is 312 g/mol. The Labute approximate surface area is 143 Å². The highest BCUT2D eigenvalue weighted by Crippen LogP contribution is 2.37. The zero-order chi connectivity index (χ0) is 16.9. The first-order valence-corrected chi connectivity index (χ1v) is 9.26. The van der Waals surface area contributed by atoms with Gasteiger partial charge in [0.15, 0.2) is 0 Å². The van der Waals surface area contributed by atoms with Crippen LogP contribution in [-0.2, 0) is 0 Å². The van der Waals surface area contributed by atoms with Crippen LogP contribution in [0.1, 0.15) is 63.5 Å². The molecule has 23 heavy (non-hydrogen) atoms. The molecule has 0 aromatic heterocycles. The monoisotopic (exact) mass is 311 g/mol. The third-order valence-corrected chi connectivity index (χ3v) is 4.17. The van der Waals surface area contributed by atoms with E-state index in [1.165, 1.54) is 24.0 Å². The van der Waals surface area contributed by atoms with Crippen molar-refractivity contribution in [3.63, 3.8) is 0 Å². The van der Waals surface area contributed by atoms with Gasteiger partial charge in [0.05, 0.1) is 0 Å². The third-order valence-electron chi connectivity index (χ3n) is 4.17. The Kier molecular flexibility index (Phi) is 10.1. The van der Waals surface area contributed by atoms with Crippen molar-refractivity contribution in [2.24, 2.45) is 0 Å². The Balaban J connectivity index is 0.000000615. The van der Waals surface area contributed by atoms with E-state index in [1.54, 1.807) is 0 Å². The molecule has 0 spiro atoms. The average Bonchev–Trinajstić information content (AvgIpc) is 2.92. The summed E-state index contributed by atoms with van der Waals surface area (Å²) in [5.41, 5.74) is 2.95. The van der Waals surface area contributed by atoms with Crippen molar-refractivity contribution in [1.29, 1.82) is 0 Å². The Bertz CT molecular complexity index is 444. The van der Waals surface area contributed by atoms with Crippen molar-refractivity contribution < 1.29 is 0 Å². The minimum atomic E-state index is 0.589. The summed E-state index contributed by atoms with van der Waals surface area (Å²) >= 11 is 0. The van der Waals surface area contributed by atoms with Crippen molar-refractivity contribution >= 4 is 0 Å². The lowest BCUT2D eigenvalue weighted by Gasteiger charge is -2.26. The standard InChI is InChI=1S/C18H21N.2C2H6/c1-3-8-15(9-4-1)17-12-7-13-19-14-18(17)16-10-5-2-6-11-16;2*1-2/h1-6,8-11,17-19H,7,12-14H2;2*1-2H3/t17-,18-;;/m0../s1. The fourth-order valence-corrected chi connectivity index (χ4v) is 3.20. The van der Waals surface area contributed by atoms with Crippen LogP contribution in [0.2, 0.25) is 0 Å².